The van der Waals surface area contributed by atoms with E-state index in [1.54, 1.807) is 0 Å². The maximum Gasteiger partial charge on any atom is 0.146 e. The SMILES string of the molecule is C1CCOC1.C=C/C(=C/c1ccccc1)CC.CC/C(C=O)=C\c1ccccc1.C[PH+](c1ccccc1)c1ccccc1.[Br-].c1ccccc1. The van der Waals surface area contributed by atoms with Gasteiger partial charge in [0.15, 0.2) is 0 Å². The van der Waals surface area contributed by atoms with Gasteiger partial charge < -0.3 is 21.7 Å². The predicted molar refractivity (Wildman–Crippen MR) is 219 cm³/mol. The summed E-state index contributed by atoms with van der Waals surface area (Å²) in [5.41, 5.74) is 4.44. The third kappa shape index (κ3) is 20.4. The largest absolute Gasteiger partial charge is 1.00 e. The van der Waals surface area contributed by atoms with E-state index in [1.165, 1.54) is 34.6 Å². The molecule has 0 bridgehead atoms. The zero-order valence-electron chi connectivity index (χ0n) is 30.0. The van der Waals surface area contributed by atoms with Crippen LogP contribution in [0.1, 0.15) is 50.7 Å². The van der Waals surface area contributed by atoms with Crippen LogP contribution in [0.3, 0.4) is 0 Å². The first-order valence-electron chi connectivity index (χ1n) is 17.2. The number of ether oxygens (including phenoxy) is 1. The minimum atomic E-state index is -0.545. The molecular weight excluding hydrogens is 695 g/mol. The highest BCUT2D eigenvalue weighted by Crippen LogP contribution is 2.27. The Kier molecular flexibility index (Phi) is 26.1. The lowest BCUT2D eigenvalue weighted by atomic mass is 10.1. The van der Waals surface area contributed by atoms with Crippen molar-refractivity contribution in [1.29, 1.82) is 0 Å². The molecule has 5 aromatic rings. The number of hydrogen-bond acceptors (Lipinski definition) is 2. The van der Waals surface area contributed by atoms with Crippen molar-refractivity contribution >= 4 is 37.0 Å². The molecule has 1 heterocycles. The zero-order valence-corrected chi connectivity index (χ0v) is 32.6. The van der Waals surface area contributed by atoms with E-state index in [-0.39, 0.29) is 17.0 Å². The standard InChI is InChI=1S/C13H13P.C12H14.C11H12O.C6H6.C4H8O.BrH/c1-14(12-8-4-2-5-9-12)13-10-6-3-7-11-13;1-3-11(4-2)10-12-8-6-5-7-9-12;1-2-10(9-12)8-11-6-4-3-5-7-11;1-2-4-6-5-3-1;1-2-4-5-3-1;/h2-11H,1H3;3,5-10H,1,4H2,2H3;3-9H,2H2,1H3;1-6H;1-4H2;1H/b;11-10-;10-8+;;;. The molecule has 0 unspecified atom stereocenters. The van der Waals surface area contributed by atoms with E-state index in [4.69, 9.17) is 4.74 Å². The van der Waals surface area contributed by atoms with Crippen LogP contribution >= 0.6 is 7.92 Å². The van der Waals surface area contributed by atoms with Crippen LogP contribution in [0, 0.1) is 0 Å². The van der Waals surface area contributed by atoms with Crippen LogP contribution in [0.5, 0.6) is 0 Å². The first kappa shape index (κ1) is 43.9. The van der Waals surface area contributed by atoms with Gasteiger partial charge in [0.25, 0.3) is 0 Å². The van der Waals surface area contributed by atoms with Crippen LogP contribution in [0.4, 0.5) is 0 Å². The van der Waals surface area contributed by atoms with E-state index in [9.17, 15) is 4.79 Å². The lowest BCUT2D eigenvalue weighted by Crippen LogP contribution is -3.00. The van der Waals surface area contributed by atoms with Crippen molar-refractivity contribution in [2.75, 3.05) is 19.9 Å². The van der Waals surface area contributed by atoms with E-state index in [1.807, 2.05) is 104 Å². The summed E-state index contributed by atoms with van der Waals surface area (Å²) in [7, 11) is -0.545. The first-order chi connectivity index (χ1) is 24.1. The molecule has 1 saturated heterocycles. The molecule has 0 N–H and O–H groups in total. The van der Waals surface area contributed by atoms with Gasteiger partial charge in [-0.3, -0.25) is 4.79 Å². The summed E-state index contributed by atoms with van der Waals surface area (Å²) in [4.78, 5) is 10.5. The van der Waals surface area contributed by atoms with Crippen LogP contribution < -0.4 is 27.6 Å². The van der Waals surface area contributed by atoms with Crippen LogP contribution in [-0.2, 0) is 9.53 Å². The third-order valence-electron chi connectivity index (χ3n) is 7.44. The van der Waals surface area contributed by atoms with Crippen molar-refractivity contribution in [3.8, 4) is 0 Å². The molecule has 0 radical (unpaired) electrons. The van der Waals surface area contributed by atoms with Gasteiger partial charge >= 0.3 is 0 Å². The second-order valence-electron chi connectivity index (χ2n) is 11.1. The van der Waals surface area contributed by atoms with E-state index in [0.717, 1.165) is 43.5 Å². The predicted octanol–water partition coefficient (Wildman–Crippen LogP) is 8.31. The summed E-state index contributed by atoms with van der Waals surface area (Å²) >= 11 is 0. The lowest BCUT2D eigenvalue weighted by Gasteiger charge is -2.03. The number of halogens is 1. The maximum atomic E-state index is 10.5. The Balaban J connectivity index is 0.000000324. The molecule has 262 valence electrons. The molecule has 1 fully saturated rings. The van der Waals surface area contributed by atoms with Crippen molar-refractivity contribution in [3.63, 3.8) is 0 Å². The number of carbonyl (C=O) groups is 1. The lowest BCUT2D eigenvalue weighted by molar-refractivity contribution is -0.104. The number of benzene rings is 5. The van der Waals surface area contributed by atoms with Gasteiger partial charge in [-0.05, 0) is 78.3 Å². The normalized spacial score (nSPS) is 11.7. The summed E-state index contributed by atoms with van der Waals surface area (Å²) in [6.45, 7) is 12.2. The average Bonchev–Trinajstić information content (AvgIpc) is 3.80. The molecule has 0 aromatic heterocycles. The van der Waals surface area contributed by atoms with Crippen LogP contribution in [0.25, 0.3) is 12.2 Å². The van der Waals surface area contributed by atoms with Gasteiger partial charge in [0.2, 0.25) is 0 Å². The fourth-order valence-corrected chi connectivity index (χ4v) is 6.21. The Labute approximate surface area is 314 Å². The minimum absolute atomic E-state index is 0. The molecule has 0 aliphatic carbocycles. The number of rotatable bonds is 8. The molecule has 0 amide bonds. The van der Waals surface area contributed by atoms with Gasteiger partial charge in [-0.25, -0.2) is 0 Å². The van der Waals surface area contributed by atoms with Gasteiger partial charge in [-0.2, -0.15) is 0 Å². The Hall–Kier alpha value is -4.14. The molecule has 0 saturated carbocycles. The number of hydrogen-bond donors (Lipinski definition) is 0. The second-order valence-corrected chi connectivity index (χ2v) is 13.5. The fourth-order valence-electron chi connectivity index (χ4n) is 4.49. The summed E-state index contributed by atoms with van der Waals surface area (Å²) in [5, 5.41) is 2.95. The average molecular weight is 750 g/mol. The summed E-state index contributed by atoms with van der Waals surface area (Å²) in [6.07, 6.45) is 11.3. The molecule has 50 heavy (non-hydrogen) atoms. The Morgan fingerprint density at radius 3 is 1.18 bits per heavy atom. The molecule has 2 nitrogen and oxygen atoms in total. The van der Waals surface area contributed by atoms with E-state index < -0.39 is 7.92 Å². The van der Waals surface area contributed by atoms with Gasteiger partial charge in [-0.15, -0.1) is 0 Å². The highest BCUT2D eigenvalue weighted by molar-refractivity contribution is 7.72. The Morgan fingerprint density at radius 1 is 0.580 bits per heavy atom. The Bertz CT molecular complexity index is 1430. The molecule has 6 rings (SSSR count). The molecule has 5 aromatic carbocycles. The molecular formula is C46H54BrO2P. The highest BCUT2D eigenvalue weighted by atomic mass is 79.9. The fraction of sp³-hybridized carbons (Fsp3) is 0.196. The van der Waals surface area contributed by atoms with Crippen molar-refractivity contribution in [2.24, 2.45) is 0 Å². The second kappa shape index (κ2) is 29.7. The van der Waals surface area contributed by atoms with Crippen molar-refractivity contribution in [1.82, 2.24) is 0 Å². The monoisotopic (exact) mass is 748 g/mol. The van der Waals surface area contributed by atoms with Gasteiger partial charge in [-0.1, -0.05) is 166 Å². The Morgan fingerprint density at radius 2 is 0.900 bits per heavy atom. The summed E-state index contributed by atoms with van der Waals surface area (Å²) in [6, 6.07) is 53.7. The summed E-state index contributed by atoms with van der Waals surface area (Å²) in [5.74, 6) is 0. The minimum Gasteiger partial charge on any atom is -1.00 e. The molecule has 1 aliphatic rings. The van der Waals surface area contributed by atoms with Crippen molar-refractivity contribution < 1.29 is 26.5 Å². The van der Waals surface area contributed by atoms with Gasteiger partial charge in [0, 0.05) is 13.2 Å². The third-order valence-corrected chi connectivity index (χ3v) is 9.84. The van der Waals surface area contributed by atoms with Gasteiger partial charge in [0.1, 0.15) is 6.29 Å². The molecule has 1 aliphatic heterocycles. The first-order valence-corrected chi connectivity index (χ1v) is 19.2. The number of carbonyl (C=O) groups excluding carboxylic acids is 1. The van der Waals surface area contributed by atoms with Crippen LogP contribution in [-0.4, -0.2) is 26.2 Å². The zero-order chi connectivity index (χ0) is 35.2. The van der Waals surface area contributed by atoms with E-state index >= 15 is 0 Å². The highest BCUT2D eigenvalue weighted by Gasteiger charge is 2.14. The van der Waals surface area contributed by atoms with Gasteiger partial charge in [0.05, 0.1) is 25.2 Å². The smallest absolute Gasteiger partial charge is 0.146 e. The topological polar surface area (TPSA) is 26.3 Å². The van der Waals surface area contributed by atoms with Crippen molar-refractivity contribution in [2.45, 2.75) is 39.5 Å². The molecule has 4 heteroatoms. The molecule has 0 spiro atoms. The van der Waals surface area contributed by atoms with E-state index in [2.05, 4.69) is 99.0 Å². The van der Waals surface area contributed by atoms with Crippen LogP contribution in [0.2, 0.25) is 0 Å². The van der Waals surface area contributed by atoms with E-state index in [0.29, 0.717) is 0 Å². The number of allylic oxidation sites excluding steroid dienone is 3. The molecule has 0 atom stereocenters. The van der Waals surface area contributed by atoms with Crippen LogP contribution in [0.15, 0.2) is 182 Å². The van der Waals surface area contributed by atoms with Crippen molar-refractivity contribution in [3.05, 3.63) is 193 Å². The number of aldehydes is 1. The maximum absolute atomic E-state index is 10.5. The summed E-state index contributed by atoms with van der Waals surface area (Å²) < 4.78 is 4.94. The quantitative estimate of drug-likeness (QED) is 0.0691.